The van der Waals surface area contributed by atoms with Crippen molar-refractivity contribution in [3.05, 3.63) is 64.8 Å². The molecule has 2 amide bonds. The maximum absolute atomic E-state index is 14.1. The summed E-state index contributed by atoms with van der Waals surface area (Å²) in [6.07, 6.45) is 0.232. The lowest BCUT2D eigenvalue weighted by Crippen LogP contribution is -2.71. The van der Waals surface area contributed by atoms with Gasteiger partial charge in [0.25, 0.3) is 0 Å². The van der Waals surface area contributed by atoms with Gasteiger partial charge in [0.1, 0.15) is 11.8 Å². The Labute approximate surface area is 182 Å². The number of aromatic nitrogens is 1. The third kappa shape index (κ3) is 2.02. The van der Waals surface area contributed by atoms with Crippen LogP contribution in [-0.4, -0.2) is 64.9 Å². The SMILES string of the molecule is COc1ccc2c(c1)C(=O)C1(C2=O)c2[nH]c3ccccc3c2CC2C(=O)N(C)CC(=O)N21. The van der Waals surface area contributed by atoms with Gasteiger partial charge in [-0.15, -0.1) is 0 Å². The smallest absolute Gasteiger partial charge is 0.245 e. The second kappa shape index (κ2) is 6.06. The molecule has 0 saturated carbocycles. The number of aromatic amines is 1. The monoisotopic (exact) mass is 429 g/mol. The third-order valence-electron chi connectivity index (χ3n) is 6.92. The number of likely N-dealkylation sites (N-methyl/N-ethyl adjacent to an activating group) is 1. The fourth-order valence-electron chi connectivity index (χ4n) is 5.50. The average Bonchev–Trinajstić information content (AvgIpc) is 3.27. The quantitative estimate of drug-likeness (QED) is 0.594. The van der Waals surface area contributed by atoms with Crippen molar-refractivity contribution >= 4 is 34.3 Å². The molecule has 0 radical (unpaired) electrons. The number of para-hydroxylation sites is 1. The highest BCUT2D eigenvalue weighted by atomic mass is 16.5. The van der Waals surface area contributed by atoms with Gasteiger partial charge in [0.05, 0.1) is 19.3 Å². The van der Waals surface area contributed by atoms with Crippen LogP contribution in [0.25, 0.3) is 10.9 Å². The summed E-state index contributed by atoms with van der Waals surface area (Å²) in [7, 11) is 3.04. The van der Waals surface area contributed by atoms with Crippen LogP contribution in [-0.2, 0) is 21.5 Å². The van der Waals surface area contributed by atoms with Crippen LogP contribution in [0, 0.1) is 0 Å². The van der Waals surface area contributed by atoms with E-state index >= 15 is 0 Å². The van der Waals surface area contributed by atoms with E-state index in [9.17, 15) is 19.2 Å². The van der Waals surface area contributed by atoms with Crippen LogP contribution in [0.3, 0.4) is 0 Å². The lowest BCUT2D eigenvalue weighted by atomic mass is 9.76. The van der Waals surface area contributed by atoms with Crippen molar-refractivity contribution in [2.75, 3.05) is 20.7 Å². The summed E-state index contributed by atoms with van der Waals surface area (Å²) in [6, 6.07) is 11.2. The fraction of sp³-hybridized carbons (Fsp3) is 0.250. The van der Waals surface area contributed by atoms with Gasteiger partial charge in [-0.2, -0.15) is 0 Å². The number of benzene rings is 2. The molecule has 1 aromatic heterocycles. The first kappa shape index (κ1) is 18.8. The molecule has 2 atom stereocenters. The molecule has 1 N–H and O–H groups in total. The highest BCUT2D eigenvalue weighted by Crippen LogP contribution is 2.50. The predicted molar refractivity (Wildman–Crippen MR) is 114 cm³/mol. The average molecular weight is 429 g/mol. The number of ketones is 2. The zero-order chi connectivity index (χ0) is 22.4. The first-order valence-corrected chi connectivity index (χ1v) is 10.3. The van der Waals surface area contributed by atoms with Crippen LogP contribution >= 0.6 is 0 Å². The number of carbonyl (C=O) groups is 4. The van der Waals surface area contributed by atoms with E-state index in [4.69, 9.17) is 4.74 Å². The Morgan fingerprint density at radius 2 is 1.78 bits per heavy atom. The number of Topliss-reactive ketones (excluding diaryl/α,β-unsaturated/α-hetero) is 2. The number of hydrogen-bond donors (Lipinski definition) is 1. The maximum atomic E-state index is 14.1. The van der Waals surface area contributed by atoms with Gasteiger partial charge in [0.2, 0.25) is 28.9 Å². The van der Waals surface area contributed by atoms with E-state index in [1.165, 1.54) is 23.0 Å². The van der Waals surface area contributed by atoms with Gasteiger partial charge in [0, 0.05) is 35.5 Å². The number of nitrogens with one attached hydrogen (secondary N) is 1. The van der Waals surface area contributed by atoms with Crippen molar-refractivity contribution in [2.45, 2.75) is 18.0 Å². The van der Waals surface area contributed by atoms with Gasteiger partial charge in [-0.05, 0) is 29.8 Å². The highest BCUT2D eigenvalue weighted by molar-refractivity contribution is 6.34. The van der Waals surface area contributed by atoms with Gasteiger partial charge in [-0.3, -0.25) is 19.2 Å². The number of rotatable bonds is 1. The highest BCUT2D eigenvalue weighted by Gasteiger charge is 2.66. The molecular formula is C24H19N3O5. The molecule has 8 nitrogen and oxygen atoms in total. The molecule has 32 heavy (non-hydrogen) atoms. The molecule has 6 rings (SSSR count). The molecular weight excluding hydrogens is 410 g/mol. The first-order valence-electron chi connectivity index (χ1n) is 10.3. The third-order valence-corrected chi connectivity index (χ3v) is 6.92. The Morgan fingerprint density at radius 3 is 2.56 bits per heavy atom. The standard InChI is InChI=1S/C24H19N3O5/c1-26-11-19(28)27-18(23(26)31)10-15-13-5-3-4-6-17(13)25-20(15)24(27)21(29)14-8-7-12(32-2)9-16(14)22(24)30/h3-9,18,25H,10-11H2,1-2H3. The number of hydrogen-bond acceptors (Lipinski definition) is 5. The number of fused-ring (bicyclic) bond motifs is 7. The molecule has 1 saturated heterocycles. The molecule has 2 unspecified atom stereocenters. The summed E-state index contributed by atoms with van der Waals surface area (Å²) in [6.45, 7) is -0.188. The zero-order valence-corrected chi connectivity index (χ0v) is 17.5. The molecule has 2 aliphatic heterocycles. The van der Waals surface area contributed by atoms with Gasteiger partial charge >= 0.3 is 0 Å². The van der Waals surface area contributed by atoms with E-state index in [1.807, 2.05) is 24.3 Å². The number of nitrogens with zero attached hydrogens (tertiary/aromatic N) is 2. The van der Waals surface area contributed by atoms with Crippen LogP contribution in [0.4, 0.5) is 0 Å². The van der Waals surface area contributed by atoms with Crippen molar-refractivity contribution in [3.8, 4) is 5.75 Å². The molecule has 2 aromatic carbocycles. The zero-order valence-electron chi connectivity index (χ0n) is 17.5. The minimum atomic E-state index is -1.93. The van der Waals surface area contributed by atoms with Crippen LogP contribution in [0.15, 0.2) is 42.5 Å². The summed E-state index contributed by atoms with van der Waals surface area (Å²) < 4.78 is 5.26. The molecule has 3 heterocycles. The summed E-state index contributed by atoms with van der Waals surface area (Å²) >= 11 is 0. The molecule has 3 aliphatic rings. The molecule has 0 bridgehead atoms. The minimum Gasteiger partial charge on any atom is -0.497 e. The maximum Gasteiger partial charge on any atom is 0.245 e. The second-order valence-corrected chi connectivity index (χ2v) is 8.48. The van der Waals surface area contributed by atoms with E-state index in [0.717, 1.165) is 16.5 Å². The Balaban J connectivity index is 1.70. The number of ether oxygens (including phenoxy) is 1. The van der Waals surface area contributed by atoms with Crippen molar-refractivity contribution in [1.82, 2.24) is 14.8 Å². The Kier molecular flexibility index (Phi) is 3.56. The van der Waals surface area contributed by atoms with E-state index in [0.29, 0.717) is 11.4 Å². The van der Waals surface area contributed by atoms with Gasteiger partial charge in [-0.25, -0.2) is 0 Å². The Hall–Kier alpha value is -3.94. The number of H-pyrrole nitrogens is 1. The normalized spacial score (nSPS) is 24.2. The first-order chi connectivity index (χ1) is 15.4. The molecule has 3 aromatic rings. The second-order valence-electron chi connectivity index (χ2n) is 8.48. The summed E-state index contributed by atoms with van der Waals surface area (Å²) in [5, 5.41) is 0.837. The van der Waals surface area contributed by atoms with Crippen molar-refractivity contribution in [1.29, 1.82) is 0 Å². The van der Waals surface area contributed by atoms with Crippen LogP contribution in [0.5, 0.6) is 5.75 Å². The summed E-state index contributed by atoms with van der Waals surface area (Å²) in [4.78, 5) is 60.4. The van der Waals surface area contributed by atoms with E-state index in [1.54, 1.807) is 19.2 Å². The van der Waals surface area contributed by atoms with Crippen LogP contribution in [0.1, 0.15) is 32.0 Å². The lowest BCUT2D eigenvalue weighted by molar-refractivity contribution is -0.159. The minimum absolute atomic E-state index is 0.188. The van der Waals surface area contributed by atoms with Crippen molar-refractivity contribution < 1.29 is 23.9 Å². The molecule has 160 valence electrons. The van der Waals surface area contributed by atoms with Gasteiger partial charge in [0.15, 0.2) is 0 Å². The van der Waals surface area contributed by atoms with E-state index in [-0.39, 0.29) is 30.0 Å². The number of amides is 2. The van der Waals surface area contributed by atoms with Crippen LogP contribution < -0.4 is 4.74 Å². The summed E-state index contributed by atoms with van der Waals surface area (Å²) in [5.41, 5.74) is 0.337. The molecule has 1 aliphatic carbocycles. The summed E-state index contributed by atoms with van der Waals surface area (Å²) in [5.74, 6) is -1.29. The number of carbonyl (C=O) groups excluding carboxylic acids is 4. The molecule has 1 spiro atoms. The van der Waals surface area contributed by atoms with Gasteiger partial charge < -0.3 is 19.5 Å². The predicted octanol–water partition coefficient (Wildman–Crippen LogP) is 1.68. The van der Waals surface area contributed by atoms with Crippen molar-refractivity contribution in [2.24, 2.45) is 0 Å². The van der Waals surface area contributed by atoms with Crippen LogP contribution in [0.2, 0.25) is 0 Å². The Morgan fingerprint density at radius 1 is 1.03 bits per heavy atom. The fourth-order valence-corrected chi connectivity index (χ4v) is 5.50. The lowest BCUT2D eigenvalue weighted by Gasteiger charge is -2.49. The van der Waals surface area contributed by atoms with E-state index in [2.05, 4.69) is 4.98 Å². The number of piperazine rings is 1. The molecule has 8 heteroatoms. The molecule has 1 fully saturated rings. The Bertz CT molecular complexity index is 1390. The largest absolute Gasteiger partial charge is 0.497 e. The topological polar surface area (TPSA) is 99.8 Å². The number of methoxy groups -OCH3 is 1. The van der Waals surface area contributed by atoms with Crippen molar-refractivity contribution in [3.63, 3.8) is 0 Å². The van der Waals surface area contributed by atoms with Gasteiger partial charge in [-0.1, -0.05) is 18.2 Å². The van der Waals surface area contributed by atoms with E-state index < -0.39 is 29.1 Å².